The van der Waals surface area contributed by atoms with Gasteiger partial charge in [0.05, 0.1) is 6.10 Å². The first-order chi connectivity index (χ1) is 7.59. The number of carbonyl (C=O) groups excluding carboxylic acids is 1. The molecule has 0 saturated carbocycles. The predicted molar refractivity (Wildman–Crippen MR) is 56.4 cm³/mol. The van der Waals surface area contributed by atoms with Gasteiger partial charge in [0.15, 0.2) is 0 Å². The van der Waals surface area contributed by atoms with E-state index < -0.39 is 5.97 Å². The lowest BCUT2D eigenvalue weighted by atomic mass is 10.0. The first-order valence-corrected chi connectivity index (χ1v) is 5.83. The number of carbonyl (C=O) groups is 2. The van der Waals surface area contributed by atoms with Crippen molar-refractivity contribution in [2.45, 2.75) is 24.5 Å². The Labute approximate surface area is 95.7 Å². The van der Waals surface area contributed by atoms with Gasteiger partial charge >= 0.3 is 5.97 Å². The molecular formula is C10H9NO4S. The zero-order valence-corrected chi connectivity index (χ0v) is 9.23. The number of rotatable bonds is 2. The molecule has 16 heavy (non-hydrogen) atoms. The highest BCUT2D eigenvalue weighted by atomic mass is 32.2. The third-order valence-corrected chi connectivity index (χ3v) is 3.94. The van der Waals surface area contributed by atoms with Gasteiger partial charge in [-0.15, -0.1) is 11.8 Å². The van der Waals surface area contributed by atoms with Crippen molar-refractivity contribution in [3.05, 3.63) is 22.8 Å². The minimum atomic E-state index is -1.06. The highest BCUT2D eigenvalue weighted by Crippen LogP contribution is 2.45. The number of thioether (sulfide) groups is 1. The minimum absolute atomic E-state index is 0.0237. The van der Waals surface area contributed by atoms with E-state index in [1.165, 1.54) is 22.1 Å². The van der Waals surface area contributed by atoms with Crippen LogP contribution >= 0.6 is 11.8 Å². The van der Waals surface area contributed by atoms with E-state index >= 15 is 0 Å². The summed E-state index contributed by atoms with van der Waals surface area (Å²) in [6, 6.07) is 0. The molecule has 6 heteroatoms. The van der Waals surface area contributed by atoms with Crippen molar-refractivity contribution in [2.24, 2.45) is 0 Å². The van der Waals surface area contributed by atoms with E-state index in [1.807, 2.05) is 6.92 Å². The number of carboxylic acids is 1. The zero-order valence-electron chi connectivity index (χ0n) is 8.41. The molecule has 0 aromatic rings. The second kappa shape index (κ2) is 3.11. The highest BCUT2D eigenvalue weighted by Gasteiger charge is 2.50. The van der Waals surface area contributed by atoms with Gasteiger partial charge in [0.25, 0.3) is 5.91 Å². The zero-order chi connectivity index (χ0) is 11.4. The fraction of sp³-hybridized carbons (Fsp3) is 0.400. The van der Waals surface area contributed by atoms with E-state index in [0.29, 0.717) is 5.57 Å². The number of epoxide rings is 1. The number of hydrogen-bond donors (Lipinski definition) is 1. The van der Waals surface area contributed by atoms with Crippen LogP contribution < -0.4 is 0 Å². The molecule has 3 rings (SSSR count). The quantitative estimate of drug-likeness (QED) is 0.432. The predicted octanol–water partition coefficient (Wildman–Crippen LogP) is 0.541. The van der Waals surface area contributed by atoms with E-state index in [2.05, 4.69) is 0 Å². The van der Waals surface area contributed by atoms with Crippen LogP contribution in [0.1, 0.15) is 6.92 Å². The summed E-state index contributed by atoms with van der Waals surface area (Å²) < 4.78 is 5.20. The summed E-state index contributed by atoms with van der Waals surface area (Å²) in [4.78, 5) is 23.8. The molecule has 2 saturated heterocycles. The van der Waals surface area contributed by atoms with Gasteiger partial charge in [-0.05, 0) is 13.0 Å². The molecule has 0 aliphatic carbocycles. The Bertz CT molecular complexity index is 456. The van der Waals surface area contributed by atoms with Gasteiger partial charge < -0.3 is 9.84 Å². The smallest absolute Gasteiger partial charge is 0.353 e. The van der Waals surface area contributed by atoms with E-state index in [-0.39, 0.29) is 29.2 Å². The van der Waals surface area contributed by atoms with Crippen LogP contribution in [0.3, 0.4) is 0 Å². The molecular weight excluding hydrogens is 230 g/mol. The first-order valence-electron chi connectivity index (χ1n) is 4.89. The maximum absolute atomic E-state index is 11.7. The van der Waals surface area contributed by atoms with Crippen molar-refractivity contribution in [2.75, 3.05) is 0 Å². The Morgan fingerprint density at radius 2 is 2.38 bits per heavy atom. The monoisotopic (exact) mass is 239 g/mol. The summed E-state index contributed by atoms with van der Waals surface area (Å²) >= 11 is 1.35. The van der Waals surface area contributed by atoms with Gasteiger partial charge in [-0.25, -0.2) is 4.79 Å². The van der Waals surface area contributed by atoms with Crippen molar-refractivity contribution in [1.82, 2.24) is 4.90 Å². The normalized spacial score (nSPS) is 38.2. The molecule has 0 radical (unpaired) electrons. The van der Waals surface area contributed by atoms with Crippen molar-refractivity contribution in [1.29, 1.82) is 0 Å². The second-order valence-corrected chi connectivity index (χ2v) is 4.85. The molecule has 5 nitrogen and oxygen atoms in total. The topological polar surface area (TPSA) is 70.1 Å². The van der Waals surface area contributed by atoms with Crippen LogP contribution in [0, 0.1) is 0 Å². The highest BCUT2D eigenvalue weighted by molar-refractivity contribution is 8.03. The molecule has 3 heterocycles. The molecule has 3 aliphatic rings. The Balaban J connectivity index is 1.79. The molecule has 0 bridgehead atoms. The third-order valence-electron chi connectivity index (χ3n) is 2.86. The molecule has 2 fully saturated rings. The molecule has 84 valence electrons. The first kappa shape index (κ1) is 9.92. The van der Waals surface area contributed by atoms with Crippen molar-refractivity contribution < 1.29 is 19.4 Å². The minimum Gasteiger partial charge on any atom is -0.477 e. The van der Waals surface area contributed by atoms with Gasteiger partial charge in [-0.1, -0.05) is 0 Å². The maximum Gasteiger partial charge on any atom is 0.353 e. The number of nitrogens with zero attached hydrogens (tertiary/aromatic N) is 1. The van der Waals surface area contributed by atoms with Crippen molar-refractivity contribution in [3.8, 4) is 0 Å². The third kappa shape index (κ3) is 1.23. The van der Waals surface area contributed by atoms with Gasteiger partial charge in [-0.3, -0.25) is 9.69 Å². The number of aliphatic carboxylic acids is 1. The molecule has 0 aromatic carbocycles. The molecule has 3 atom stereocenters. The van der Waals surface area contributed by atoms with Crippen molar-refractivity contribution >= 4 is 23.6 Å². The Hall–Kier alpha value is -1.27. The van der Waals surface area contributed by atoms with E-state index in [4.69, 9.17) is 9.84 Å². The maximum atomic E-state index is 11.7. The summed E-state index contributed by atoms with van der Waals surface area (Å²) in [6.45, 7) is 1.94. The number of β-lactam (4-membered cyclic amide) rings is 1. The molecule has 3 aliphatic heterocycles. The van der Waals surface area contributed by atoms with Gasteiger partial charge in [-0.2, -0.15) is 0 Å². The lowest BCUT2D eigenvalue weighted by molar-refractivity contribution is -0.141. The Kier molecular flexibility index (Phi) is 1.93. The molecule has 0 aromatic heterocycles. The fourth-order valence-electron chi connectivity index (χ4n) is 1.84. The lowest BCUT2D eigenvalue weighted by Crippen LogP contribution is -2.51. The van der Waals surface area contributed by atoms with Crippen LogP contribution in [0.4, 0.5) is 0 Å². The SMILES string of the molecule is CC1OC1/C=C1/C(=O)N2C(C(=O)O)=CS[C@@H]12. The summed E-state index contributed by atoms with van der Waals surface area (Å²) in [7, 11) is 0. The van der Waals surface area contributed by atoms with Crippen LogP contribution in [0.25, 0.3) is 0 Å². The van der Waals surface area contributed by atoms with Gasteiger partial charge in [0.1, 0.15) is 17.2 Å². The number of fused-ring (bicyclic) bond motifs is 1. The molecule has 1 amide bonds. The summed E-state index contributed by atoms with van der Waals surface area (Å²) in [5.41, 5.74) is 0.730. The van der Waals surface area contributed by atoms with Gasteiger partial charge in [0.2, 0.25) is 0 Å². The van der Waals surface area contributed by atoms with Crippen LogP contribution in [0.15, 0.2) is 22.8 Å². The summed E-state index contributed by atoms with van der Waals surface area (Å²) in [5, 5.41) is 10.2. The van der Waals surface area contributed by atoms with E-state index in [1.54, 1.807) is 6.08 Å². The lowest BCUT2D eigenvalue weighted by Gasteiger charge is -2.37. The number of amides is 1. The Morgan fingerprint density at radius 1 is 1.69 bits per heavy atom. The standard InChI is InChI=1S/C10H9NO4S/c1-4-7(15-4)2-5-8(12)11-6(10(13)14)3-16-9(5)11/h2-4,7,9H,1H3,(H,13,14)/b5-2-/t4?,7?,9-/m0/s1. The second-order valence-electron chi connectivity index (χ2n) is 3.90. The van der Waals surface area contributed by atoms with Crippen LogP contribution in [-0.4, -0.2) is 39.5 Å². The molecule has 1 N–H and O–H groups in total. The molecule has 2 unspecified atom stereocenters. The number of ether oxygens (including phenoxy) is 1. The average molecular weight is 239 g/mol. The summed E-state index contributed by atoms with van der Waals surface area (Å²) in [6.07, 6.45) is 2.00. The average Bonchev–Trinajstić information content (AvgIpc) is 2.79. The fourth-order valence-corrected chi connectivity index (χ4v) is 2.97. The number of carboxylic acid groups (broad SMARTS) is 1. The molecule has 0 spiro atoms. The largest absolute Gasteiger partial charge is 0.477 e. The van der Waals surface area contributed by atoms with Crippen LogP contribution in [0.5, 0.6) is 0 Å². The van der Waals surface area contributed by atoms with Crippen LogP contribution in [-0.2, 0) is 14.3 Å². The van der Waals surface area contributed by atoms with Crippen molar-refractivity contribution in [3.63, 3.8) is 0 Å². The van der Waals surface area contributed by atoms with Gasteiger partial charge in [0, 0.05) is 11.0 Å². The summed E-state index contributed by atoms with van der Waals surface area (Å²) in [5.74, 6) is -1.27. The Morgan fingerprint density at radius 3 is 2.94 bits per heavy atom. The number of hydrogen-bond acceptors (Lipinski definition) is 4. The van der Waals surface area contributed by atoms with E-state index in [9.17, 15) is 9.59 Å². The van der Waals surface area contributed by atoms with Crippen LogP contribution in [0.2, 0.25) is 0 Å². The van der Waals surface area contributed by atoms with E-state index in [0.717, 1.165) is 0 Å².